The first-order chi connectivity index (χ1) is 14.3. The van der Waals surface area contributed by atoms with E-state index in [4.69, 9.17) is 4.74 Å². The van der Waals surface area contributed by atoms with Gasteiger partial charge >= 0.3 is 0 Å². The average molecular weight is 405 g/mol. The molecule has 0 aliphatic carbocycles. The van der Waals surface area contributed by atoms with Crippen LogP contribution in [0.15, 0.2) is 66.9 Å². The van der Waals surface area contributed by atoms with Crippen molar-refractivity contribution < 1.29 is 14.6 Å². The van der Waals surface area contributed by atoms with Gasteiger partial charge in [0.05, 0.1) is 17.9 Å². The highest BCUT2D eigenvalue weighted by Gasteiger charge is 2.23. The van der Waals surface area contributed by atoms with E-state index in [0.29, 0.717) is 11.4 Å². The molecule has 5 heteroatoms. The lowest BCUT2D eigenvalue weighted by Crippen LogP contribution is -2.35. The quantitative estimate of drug-likeness (QED) is 0.628. The molecule has 0 fully saturated rings. The van der Waals surface area contributed by atoms with Crippen molar-refractivity contribution in [3.05, 3.63) is 83.7 Å². The number of rotatable bonds is 6. The lowest BCUT2D eigenvalue weighted by atomic mass is 9.85. The van der Waals surface area contributed by atoms with Crippen LogP contribution >= 0.6 is 0 Å². The molecule has 2 aromatic carbocycles. The summed E-state index contributed by atoms with van der Waals surface area (Å²) in [6.45, 7) is 8.48. The van der Waals surface area contributed by atoms with Crippen molar-refractivity contribution in [3.63, 3.8) is 0 Å². The number of pyridine rings is 1. The fourth-order valence-electron chi connectivity index (χ4n) is 3.23. The lowest BCUT2D eigenvalue weighted by Gasteiger charge is -2.26. The van der Waals surface area contributed by atoms with Crippen LogP contribution in [0.4, 0.5) is 5.69 Å². The molecule has 0 aliphatic heterocycles. The topological polar surface area (TPSA) is 62.7 Å². The molecule has 30 heavy (non-hydrogen) atoms. The highest BCUT2D eigenvalue weighted by atomic mass is 16.5. The second kappa shape index (κ2) is 8.99. The van der Waals surface area contributed by atoms with Crippen LogP contribution in [0.2, 0.25) is 0 Å². The largest absolute Gasteiger partial charge is 0.506 e. The van der Waals surface area contributed by atoms with E-state index in [2.05, 4.69) is 31.8 Å². The Bertz CT molecular complexity index is 1010. The van der Waals surface area contributed by atoms with Crippen molar-refractivity contribution >= 4 is 11.6 Å². The van der Waals surface area contributed by atoms with E-state index in [9.17, 15) is 9.90 Å². The number of carbonyl (C=O) groups excluding carboxylic acids is 1. The van der Waals surface area contributed by atoms with Crippen molar-refractivity contribution in [2.45, 2.75) is 39.7 Å². The average Bonchev–Trinajstić information content (AvgIpc) is 2.71. The molecule has 1 aromatic heterocycles. The predicted octanol–water partition coefficient (Wildman–Crippen LogP) is 5.01. The maximum Gasteiger partial charge on any atom is 0.265 e. The molecule has 5 nitrogen and oxygen atoms in total. The van der Waals surface area contributed by atoms with Gasteiger partial charge in [-0.1, -0.05) is 56.7 Å². The van der Waals surface area contributed by atoms with E-state index < -0.39 is 0 Å². The summed E-state index contributed by atoms with van der Waals surface area (Å²) in [6.07, 6.45) is 1.68. The minimum absolute atomic E-state index is 0.0347. The van der Waals surface area contributed by atoms with Crippen LogP contribution in [0.25, 0.3) is 0 Å². The summed E-state index contributed by atoms with van der Waals surface area (Å²) in [7, 11) is 0. The number of aryl methyl sites for hydroxylation is 1. The van der Waals surface area contributed by atoms with Gasteiger partial charge in [0.2, 0.25) is 0 Å². The number of phenols is 1. The molecule has 0 unspecified atom stereocenters. The van der Waals surface area contributed by atoms with Gasteiger partial charge in [-0.05, 0) is 48.2 Å². The van der Waals surface area contributed by atoms with Crippen molar-refractivity contribution in [3.8, 4) is 11.5 Å². The minimum Gasteiger partial charge on any atom is -0.506 e. The SMILES string of the molecule is Cc1ccc(OCC(=O)N(Cc2ccccn2)c2ccccc2O)c(C(C)(C)C)c1. The second-order valence-electron chi connectivity index (χ2n) is 8.33. The van der Waals surface area contributed by atoms with Gasteiger partial charge in [0, 0.05) is 6.20 Å². The molecular formula is C25H28N2O3. The molecule has 1 N–H and O–H groups in total. The zero-order valence-corrected chi connectivity index (χ0v) is 17.9. The molecule has 156 valence electrons. The number of ether oxygens (including phenoxy) is 1. The molecule has 1 amide bonds. The molecule has 0 saturated heterocycles. The van der Waals surface area contributed by atoms with E-state index in [1.165, 1.54) is 4.90 Å². The van der Waals surface area contributed by atoms with Crippen LogP contribution in [0.1, 0.15) is 37.6 Å². The van der Waals surface area contributed by atoms with E-state index in [1.54, 1.807) is 30.5 Å². The summed E-state index contributed by atoms with van der Waals surface area (Å²) in [4.78, 5) is 19.0. The molecule has 3 rings (SSSR count). The van der Waals surface area contributed by atoms with Crippen LogP contribution < -0.4 is 9.64 Å². The third-order valence-corrected chi connectivity index (χ3v) is 4.81. The van der Waals surface area contributed by atoms with Crippen molar-refractivity contribution in [2.24, 2.45) is 0 Å². The standard InChI is InChI=1S/C25H28N2O3/c1-18-12-13-23(20(15-18)25(2,3)4)30-17-24(29)27(16-19-9-7-8-14-26-19)21-10-5-6-11-22(21)28/h5-15,28H,16-17H2,1-4H3. The maximum atomic E-state index is 13.2. The highest BCUT2D eigenvalue weighted by molar-refractivity contribution is 5.95. The fourth-order valence-corrected chi connectivity index (χ4v) is 3.23. The zero-order valence-electron chi connectivity index (χ0n) is 17.9. The first-order valence-electron chi connectivity index (χ1n) is 9.98. The Morgan fingerprint density at radius 3 is 2.47 bits per heavy atom. The number of amides is 1. The number of anilines is 1. The summed E-state index contributed by atoms with van der Waals surface area (Å²) in [5.41, 5.74) is 3.23. The lowest BCUT2D eigenvalue weighted by molar-refractivity contribution is -0.120. The van der Waals surface area contributed by atoms with Crippen LogP contribution in [0, 0.1) is 6.92 Å². The number of nitrogens with zero attached hydrogens (tertiary/aromatic N) is 2. The number of para-hydroxylation sites is 2. The Labute approximate surface area is 178 Å². The Morgan fingerprint density at radius 2 is 1.80 bits per heavy atom. The summed E-state index contributed by atoms with van der Waals surface area (Å²) in [6, 6.07) is 18.3. The monoisotopic (exact) mass is 404 g/mol. The van der Waals surface area contributed by atoms with Gasteiger partial charge in [0.1, 0.15) is 11.5 Å². The van der Waals surface area contributed by atoms with Crippen molar-refractivity contribution in [1.29, 1.82) is 0 Å². The molecule has 0 atom stereocenters. The summed E-state index contributed by atoms with van der Waals surface area (Å²) in [5.74, 6) is 0.464. The smallest absolute Gasteiger partial charge is 0.265 e. The molecule has 0 saturated carbocycles. The molecular weight excluding hydrogens is 376 g/mol. The third-order valence-electron chi connectivity index (χ3n) is 4.81. The zero-order chi connectivity index (χ0) is 21.7. The second-order valence-corrected chi connectivity index (χ2v) is 8.33. The molecule has 3 aromatic rings. The van der Waals surface area contributed by atoms with E-state index in [0.717, 1.165) is 16.8 Å². The maximum absolute atomic E-state index is 13.2. The van der Waals surface area contributed by atoms with Crippen molar-refractivity contribution in [2.75, 3.05) is 11.5 Å². The van der Waals surface area contributed by atoms with E-state index in [1.807, 2.05) is 37.3 Å². The Kier molecular flexibility index (Phi) is 6.40. The summed E-state index contributed by atoms with van der Waals surface area (Å²) >= 11 is 0. The minimum atomic E-state index is -0.261. The first-order valence-corrected chi connectivity index (χ1v) is 9.98. The van der Waals surface area contributed by atoms with Crippen LogP contribution in [-0.2, 0) is 16.8 Å². The number of phenolic OH excluding ortho intramolecular Hbond substituents is 1. The van der Waals surface area contributed by atoms with Gasteiger partial charge in [-0.3, -0.25) is 14.7 Å². The third kappa shape index (κ3) is 5.17. The summed E-state index contributed by atoms with van der Waals surface area (Å²) in [5, 5.41) is 10.3. The van der Waals surface area contributed by atoms with Gasteiger partial charge in [-0.25, -0.2) is 0 Å². The Balaban J connectivity index is 1.85. The van der Waals surface area contributed by atoms with Gasteiger partial charge in [-0.15, -0.1) is 0 Å². The van der Waals surface area contributed by atoms with Gasteiger partial charge in [-0.2, -0.15) is 0 Å². The molecule has 0 spiro atoms. The molecule has 0 aliphatic rings. The number of aromatic nitrogens is 1. The van der Waals surface area contributed by atoms with E-state index in [-0.39, 0.29) is 30.2 Å². The number of aromatic hydroxyl groups is 1. The van der Waals surface area contributed by atoms with Crippen LogP contribution in [0.3, 0.4) is 0 Å². The number of hydrogen-bond donors (Lipinski definition) is 1. The number of hydrogen-bond acceptors (Lipinski definition) is 4. The first kappa shape index (κ1) is 21.4. The number of benzene rings is 2. The molecule has 0 radical (unpaired) electrons. The van der Waals surface area contributed by atoms with Crippen LogP contribution in [0.5, 0.6) is 11.5 Å². The molecule has 1 heterocycles. The Hall–Kier alpha value is -3.34. The Morgan fingerprint density at radius 1 is 1.07 bits per heavy atom. The van der Waals surface area contributed by atoms with Crippen LogP contribution in [-0.4, -0.2) is 22.6 Å². The predicted molar refractivity (Wildman–Crippen MR) is 119 cm³/mol. The van der Waals surface area contributed by atoms with E-state index >= 15 is 0 Å². The van der Waals surface area contributed by atoms with Gasteiger partial charge in [0.15, 0.2) is 6.61 Å². The highest BCUT2D eigenvalue weighted by Crippen LogP contribution is 2.33. The normalized spacial score (nSPS) is 11.2. The molecule has 0 bridgehead atoms. The summed E-state index contributed by atoms with van der Waals surface area (Å²) < 4.78 is 5.97. The number of carbonyl (C=O) groups is 1. The van der Waals surface area contributed by atoms with Crippen molar-refractivity contribution in [1.82, 2.24) is 4.98 Å². The van der Waals surface area contributed by atoms with Gasteiger partial charge < -0.3 is 9.84 Å². The van der Waals surface area contributed by atoms with Gasteiger partial charge in [0.25, 0.3) is 5.91 Å². The fraction of sp³-hybridized carbons (Fsp3) is 0.280.